The molecule has 27 heavy (non-hydrogen) atoms. The highest BCUT2D eigenvalue weighted by molar-refractivity contribution is 5.79. The zero-order valence-corrected chi connectivity index (χ0v) is 16.6. The number of likely N-dealkylation sites (tertiary alicyclic amines) is 2. The number of rotatable bonds is 5. The molecule has 0 spiro atoms. The summed E-state index contributed by atoms with van der Waals surface area (Å²) in [4.78, 5) is 30.5. The van der Waals surface area contributed by atoms with Crippen LogP contribution in [0.1, 0.15) is 36.8 Å². The molecule has 0 atom stereocenters. The number of piperidine rings is 1. The van der Waals surface area contributed by atoms with E-state index >= 15 is 0 Å². The zero-order chi connectivity index (χ0) is 19.2. The van der Waals surface area contributed by atoms with Crippen molar-refractivity contribution in [3.8, 4) is 0 Å². The summed E-state index contributed by atoms with van der Waals surface area (Å²) in [6, 6.07) is 8.44. The van der Waals surface area contributed by atoms with Gasteiger partial charge in [-0.15, -0.1) is 0 Å². The Bertz CT molecular complexity index is 647. The second-order valence-corrected chi connectivity index (χ2v) is 7.91. The molecule has 1 aromatic carbocycles. The van der Waals surface area contributed by atoms with Crippen molar-refractivity contribution in [2.45, 2.75) is 38.8 Å². The molecule has 3 rings (SSSR count). The fraction of sp³-hybridized carbons (Fsp3) is 0.619. The lowest BCUT2D eigenvalue weighted by Crippen LogP contribution is -2.46. The zero-order valence-electron chi connectivity index (χ0n) is 16.6. The van der Waals surface area contributed by atoms with Crippen LogP contribution in [0.5, 0.6) is 0 Å². The standard InChI is InChI=1S/C21H32N4O2/c1-23(2)21(27)25-13-9-17(10-14-25)20(26)22-15-18-7-3-4-8-19(18)16-24-11-5-6-12-24/h3-4,7-8,17H,5-6,9-16H2,1-2H3,(H,22,26). The molecule has 6 heteroatoms. The van der Waals surface area contributed by atoms with Crippen LogP contribution in [0.3, 0.4) is 0 Å². The number of hydrogen-bond acceptors (Lipinski definition) is 3. The summed E-state index contributed by atoms with van der Waals surface area (Å²) in [5.41, 5.74) is 2.52. The number of benzene rings is 1. The number of amides is 3. The highest BCUT2D eigenvalue weighted by Crippen LogP contribution is 2.19. The lowest BCUT2D eigenvalue weighted by Gasteiger charge is -2.33. The van der Waals surface area contributed by atoms with E-state index in [0.29, 0.717) is 19.6 Å². The van der Waals surface area contributed by atoms with Gasteiger partial charge in [-0.05, 0) is 49.9 Å². The topological polar surface area (TPSA) is 55.9 Å². The van der Waals surface area contributed by atoms with Gasteiger partial charge in [-0.3, -0.25) is 9.69 Å². The number of carbonyl (C=O) groups excluding carboxylic acids is 2. The Morgan fingerprint density at radius 1 is 1.04 bits per heavy atom. The van der Waals surface area contributed by atoms with Crippen LogP contribution in [0, 0.1) is 5.92 Å². The summed E-state index contributed by atoms with van der Waals surface area (Å²) in [6.45, 7) is 5.20. The van der Waals surface area contributed by atoms with Crippen molar-refractivity contribution in [3.05, 3.63) is 35.4 Å². The Balaban J connectivity index is 1.49. The first kappa shape index (κ1) is 19.7. The molecule has 6 nitrogen and oxygen atoms in total. The maximum absolute atomic E-state index is 12.6. The molecule has 148 valence electrons. The summed E-state index contributed by atoms with van der Waals surface area (Å²) in [7, 11) is 3.53. The van der Waals surface area contributed by atoms with Crippen molar-refractivity contribution < 1.29 is 9.59 Å². The summed E-state index contributed by atoms with van der Waals surface area (Å²) in [5.74, 6) is 0.116. The minimum atomic E-state index is 0.00181. The summed E-state index contributed by atoms with van der Waals surface area (Å²) >= 11 is 0. The van der Waals surface area contributed by atoms with Crippen molar-refractivity contribution in [2.24, 2.45) is 5.92 Å². The lowest BCUT2D eigenvalue weighted by atomic mass is 9.96. The normalized spacial score (nSPS) is 18.5. The van der Waals surface area contributed by atoms with Crippen molar-refractivity contribution in [1.29, 1.82) is 0 Å². The molecule has 0 bridgehead atoms. The first-order valence-electron chi connectivity index (χ1n) is 10.1. The average molecular weight is 373 g/mol. The van der Waals surface area contributed by atoms with Gasteiger partial charge in [-0.25, -0.2) is 4.79 Å². The van der Waals surface area contributed by atoms with Gasteiger partial charge in [0.2, 0.25) is 5.91 Å². The lowest BCUT2D eigenvalue weighted by molar-refractivity contribution is -0.126. The Hall–Kier alpha value is -2.08. The van der Waals surface area contributed by atoms with Gasteiger partial charge < -0.3 is 15.1 Å². The van der Waals surface area contributed by atoms with Crippen molar-refractivity contribution >= 4 is 11.9 Å². The van der Waals surface area contributed by atoms with E-state index in [-0.39, 0.29) is 17.9 Å². The molecular formula is C21H32N4O2. The van der Waals surface area contributed by atoms with E-state index in [0.717, 1.165) is 19.4 Å². The van der Waals surface area contributed by atoms with Crippen LogP contribution in [0.15, 0.2) is 24.3 Å². The van der Waals surface area contributed by atoms with Crippen LogP contribution in [-0.2, 0) is 17.9 Å². The van der Waals surface area contributed by atoms with E-state index in [1.165, 1.54) is 37.1 Å². The van der Waals surface area contributed by atoms with Gasteiger partial charge in [0.25, 0.3) is 0 Å². The average Bonchev–Trinajstić information content (AvgIpc) is 3.19. The third-order valence-electron chi connectivity index (χ3n) is 5.68. The highest BCUT2D eigenvalue weighted by Gasteiger charge is 2.27. The van der Waals surface area contributed by atoms with Crippen molar-refractivity contribution in [3.63, 3.8) is 0 Å². The molecule has 0 aromatic heterocycles. The minimum absolute atomic E-state index is 0.00181. The fourth-order valence-electron chi connectivity index (χ4n) is 4.01. The minimum Gasteiger partial charge on any atom is -0.352 e. The molecule has 0 saturated carbocycles. The van der Waals surface area contributed by atoms with Gasteiger partial charge in [-0.1, -0.05) is 24.3 Å². The molecule has 3 amide bonds. The predicted molar refractivity (Wildman–Crippen MR) is 106 cm³/mol. The summed E-state index contributed by atoms with van der Waals surface area (Å²) in [5, 5.41) is 3.13. The third-order valence-corrected chi connectivity index (χ3v) is 5.68. The molecule has 0 radical (unpaired) electrons. The largest absolute Gasteiger partial charge is 0.352 e. The number of carbonyl (C=O) groups is 2. The molecular weight excluding hydrogens is 340 g/mol. The van der Waals surface area contributed by atoms with Crippen LogP contribution < -0.4 is 5.32 Å². The monoisotopic (exact) mass is 372 g/mol. The van der Waals surface area contributed by atoms with E-state index in [2.05, 4.69) is 28.4 Å². The van der Waals surface area contributed by atoms with Gasteiger partial charge in [-0.2, -0.15) is 0 Å². The third kappa shape index (κ3) is 5.22. The molecule has 2 saturated heterocycles. The first-order valence-corrected chi connectivity index (χ1v) is 10.1. The Kier molecular flexibility index (Phi) is 6.72. The molecule has 2 fully saturated rings. The van der Waals surface area contributed by atoms with Crippen molar-refractivity contribution in [1.82, 2.24) is 20.0 Å². The molecule has 2 heterocycles. The SMILES string of the molecule is CN(C)C(=O)N1CCC(C(=O)NCc2ccccc2CN2CCCC2)CC1. The van der Waals surface area contributed by atoms with E-state index in [9.17, 15) is 9.59 Å². The maximum atomic E-state index is 12.6. The molecule has 1 N–H and O–H groups in total. The Labute approximate surface area is 162 Å². The number of nitrogens with one attached hydrogen (secondary N) is 1. The van der Waals surface area contributed by atoms with Gasteiger partial charge in [0, 0.05) is 46.2 Å². The number of hydrogen-bond donors (Lipinski definition) is 1. The maximum Gasteiger partial charge on any atom is 0.319 e. The highest BCUT2D eigenvalue weighted by atomic mass is 16.2. The molecule has 1 aromatic rings. The molecule has 0 aliphatic carbocycles. The second kappa shape index (κ2) is 9.22. The smallest absolute Gasteiger partial charge is 0.319 e. The van der Waals surface area contributed by atoms with Crippen LogP contribution in [-0.4, -0.2) is 66.9 Å². The first-order chi connectivity index (χ1) is 13.0. The van der Waals surface area contributed by atoms with Crippen LogP contribution in [0.2, 0.25) is 0 Å². The van der Waals surface area contributed by atoms with E-state index in [1.807, 2.05) is 11.0 Å². The Morgan fingerprint density at radius 2 is 1.67 bits per heavy atom. The van der Waals surface area contributed by atoms with Gasteiger partial charge in [0.15, 0.2) is 0 Å². The quantitative estimate of drug-likeness (QED) is 0.863. The number of urea groups is 1. The summed E-state index contributed by atoms with van der Waals surface area (Å²) < 4.78 is 0. The van der Waals surface area contributed by atoms with Gasteiger partial charge >= 0.3 is 6.03 Å². The van der Waals surface area contributed by atoms with E-state index in [4.69, 9.17) is 0 Å². The van der Waals surface area contributed by atoms with Crippen LogP contribution in [0.25, 0.3) is 0 Å². The summed E-state index contributed by atoms with van der Waals surface area (Å²) in [6.07, 6.45) is 4.05. The molecule has 2 aliphatic heterocycles. The predicted octanol–water partition coefficient (Wildman–Crippen LogP) is 2.29. The van der Waals surface area contributed by atoms with E-state index in [1.54, 1.807) is 19.0 Å². The number of nitrogens with zero attached hydrogens (tertiary/aromatic N) is 3. The molecule has 0 unspecified atom stereocenters. The van der Waals surface area contributed by atoms with E-state index < -0.39 is 0 Å². The fourth-order valence-corrected chi connectivity index (χ4v) is 4.01. The second-order valence-electron chi connectivity index (χ2n) is 7.91. The van der Waals surface area contributed by atoms with Crippen LogP contribution in [0.4, 0.5) is 4.79 Å². The Morgan fingerprint density at radius 3 is 2.30 bits per heavy atom. The van der Waals surface area contributed by atoms with Crippen LogP contribution >= 0.6 is 0 Å². The molecule has 2 aliphatic rings. The van der Waals surface area contributed by atoms with Gasteiger partial charge in [0.1, 0.15) is 0 Å². The van der Waals surface area contributed by atoms with Crippen molar-refractivity contribution in [2.75, 3.05) is 40.3 Å². The van der Waals surface area contributed by atoms with Gasteiger partial charge in [0.05, 0.1) is 0 Å².